The molecule has 0 saturated carbocycles. The smallest absolute Gasteiger partial charge is 0.300 e. The predicted octanol–water partition coefficient (Wildman–Crippen LogP) is 3.68. The van der Waals surface area contributed by atoms with Gasteiger partial charge in [0.05, 0.1) is 12.1 Å². The fraction of sp³-hybridized carbons (Fsp3) is 0.391. The van der Waals surface area contributed by atoms with Crippen molar-refractivity contribution in [3.05, 3.63) is 46.9 Å². The van der Waals surface area contributed by atoms with Crippen LogP contribution in [0.2, 0.25) is 5.15 Å². The summed E-state index contributed by atoms with van der Waals surface area (Å²) in [6, 6.07) is 8.14. The van der Waals surface area contributed by atoms with Gasteiger partial charge in [-0.15, -0.1) is 10.2 Å². The number of rotatable bonds is 4. The molecule has 4 heterocycles. The minimum absolute atomic E-state index is 0.0398. The SMILES string of the molecule is CC(C)(C)Cn1nnc(-c2ccc(C(=O)N3CCN(c4nc5nc(Cl)ccc5o4)CC3)cc2F)n1. The molecule has 3 aromatic heterocycles. The van der Waals surface area contributed by atoms with Gasteiger partial charge in [0.2, 0.25) is 11.5 Å². The van der Waals surface area contributed by atoms with Crippen LogP contribution < -0.4 is 4.90 Å². The van der Waals surface area contributed by atoms with Crippen molar-refractivity contribution in [3.63, 3.8) is 0 Å². The number of amides is 1. The number of hydrogen-bond acceptors (Lipinski definition) is 8. The molecule has 0 unspecified atom stereocenters. The van der Waals surface area contributed by atoms with Gasteiger partial charge >= 0.3 is 0 Å². The first-order valence-corrected chi connectivity index (χ1v) is 11.6. The average Bonchev–Trinajstić information content (AvgIpc) is 3.44. The molecular formula is C23H24ClFN8O2. The molecule has 10 nitrogen and oxygen atoms in total. The summed E-state index contributed by atoms with van der Waals surface area (Å²) in [4.78, 5) is 26.6. The van der Waals surface area contributed by atoms with Crippen LogP contribution in [-0.4, -0.2) is 67.2 Å². The van der Waals surface area contributed by atoms with E-state index in [0.717, 1.165) is 0 Å². The van der Waals surface area contributed by atoms with Gasteiger partial charge < -0.3 is 14.2 Å². The Kier molecular flexibility index (Phi) is 5.87. The summed E-state index contributed by atoms with van der Waals surface area (Å²) >= 11 is 5.92. The third kappa shape index (κ3) is 4.95. The van der Waals surface area contributed by atoms with Crippen LogP contribution >= 0.6 is 11.6 Å². The molecule has 0 spiro atoms. The van der Waals surface area contributed by atoms with Crippen LogP contribution in [0, 0.1) is 11.2 Å². The van der Waals surface area contributed by atoms with Crippen molar-refractivity contribution in [3.8, 4) is 11.4 Å². The Balaban J connectivity index is 1.25. The molecule has 0 radical (unpaired) electrons. The molecule has 1 aliphatic heterocycles. The van der Waals surface area contributed by atoms with Crippen molar-refractivity contribution >= 4 is 34.8 Å². The van der Waals surface area contributed by atoms with Gasteiger partial charge in [0.25, 0.3) is 11.9 Å². The molecule has 5 rings (SSSR count). The fourth-order valence-electron chi connectivity index (χ4n) is 3.87. The number of anilines is 1. The summed E-state index contributed by atoms with van der Waals surface area (Å²) in [6.07, 6.45) is 0. The number of halogens is 2. The first kappa shape index (κ1) is 23.2. The molecule has 35 heavy (non-hydrogen) atoms. The highest BCUT2D eigenvalue weighted by Crippen LogP contribution is 2.25. The molecule has 1 saturated heterocycles. The number of piperazine rings is 1. The third-order valence-corrected chi connectivity index (χ3v) is 5.78. The first-order valence-electron chi connectivity index (χ1n) is 11.2. The number of hydrogen-bond donors (Lipinski definition) is 0. The second-order valence-corrected chi connectivity index (χ2v) is 10.0. The van der Waals surface area contributed by atoms with Crippen LogP contribution in [0.1, 0.15) is 31.1 Å². The number of carbonyl (C=O) groups is 1. The van der Waals surface area contributed by atoms with Gasteiger partial charge in [0.15, 0.2) is 5.58 Å². The standard InChI is InChI=1S/C23H24ClFN8O2/c1-23(2,3)13-33-29-19(28-30-33)15-5-4-14(12-16(15)25)21(34)31-8-10-32(11-9-31)22-27-20-17(35-22)6-7-18(24)26-20/h4-7,12H,8-11,13H2,1-3H3. The number of nitrogens with zero attached hydrogens (tertiary/aromatic N) is 8. The predicted molar refractivity (Wildman–Crippen MR) is 128 cm³/mol. The summed E-state index contributed by atoms with van der Waals surface area (Å²) in [5, 5.41) is 12.6. The van der Waals surface area contributed by atoms with E-state index in [2.05, 4.69) is 46.1 Å². The van der Waals surface area contributed by atoms with Crippen LogP contribution in [-0.2, 0) is 6.54 Å². The van der Waals surface area contributed by atoms with Crippen LogP contribution in [0.15, 0.2) is 34.7 Å². The highest BCUT2D eigenvalue weighted by Gasteiger charge is 2.26. The van der Waals surface area contributed by atoms with E-state index >= 15 is 0 Å². The number of pyridine rings is 1. The summed E-state index contributed by atoms with van der Waals surface area (Å²) < 4.78 is 20.7. The molecule has 4 aromatic rings. The molecule has 1 fully saturated rings. The molecule has 0 atom stereocenters. The zero-order chi connectivity index (χ0) is 24.7. The molecular weight excluding hydrogens is 475 g/mol. The van der Waals surface area contributed by atoms with Crippen molar-refractivity contribution in [2.24, 2.45) is 5.41 Å². The molecule has 1 aliphatic rings. The number of oxazole rings is 1. The van der Waals surface area contributed by atoms with Gasteiger partial charge in [0.1, 0.15) is 11.0 Å². The summed E-state index contributed by atoms with van der Waals surface area (Å²) in [5.41, 5.74) is 1.42. The largest absolute Gasteiger partial charge is 0.422 e. The minimum Gasteiger partial charge on any atom is -0.422 e. The van der Waals surface area contributed by atoms with Crippen LogP contribution in [0.5, 0.6) is 0 Å². The van der Waals surface area contributed by atoms with Crippen LogP contribution in [0.25, 0.3) is 22.6 Å². The zero-order valence-electron chi connectivity index (χ0n) is 19.6. The normalized spacial score (nSPS) is 14.7. The molecule has 182 valence electrons. The Morgan fingerprint density at radius 2 is 1.89 bits per heavy atom. The summed E-state index contributed by atoms with van der Waals surface area (Å²) in [6.45, 7) is 8.64. The Bertz CT molecular complexity index is 1390. The zero-order valence-corrected chi connectivity index (χ0v) is 20.3. The van der Waals surface area contributed by atoms with Gasteiger partial charge in [-0.25, -0.2) is 9.37 Å². The Morgan fingerprint density at radius 1 is 1.11 bits per heavy atom. The number of benzene rings is 1. The number of tetrazole rings is 1. The second kappa shape index (κ2) is 8.88. The van der Waals surface area contributed by atoms with E-state index in [-0.39, 0.29) is 28.3 Å². The van der Waals surface area contributed by atoms with E-state index in [9.17, 15) is 9.18 Å². The van der Waals surface area contributed by atoms with E-state index in [1.54, 1.807) is 23.1 Å². The van der Waals surface area contributed by atoms with Gasteiger partial charge in [-0.1, -0.05) is 32.4 Å². The molecule has 0 bridgehead atoms. The quantitative estimate of drug-likeness (QED) is 0.392. The van der Waals surface area contributed by atoms with Gasteiger partial charge in [0, 0.05) is 31.7 Å². The fourth-order valence-corrected chi connectivity index (χ4v) is 4.02. The second-order valence-electron chi connectivity index (χ2n) is 9.63. The third-order valence-electron chi connectivity index (χ3n) is 5.57. The van der Waals surface area contributed by atoms with Crippen molar-refractivity contribution in [2.45, 2.75) is 27.3 Å². The Hall–Kier alpha value is -3.60. The topological polar surface area (TPSA) is 106 Å². The summed E-state index contributed by atoms with van der Waals surface area (Å²) in [7, 11) is 0. The lowest BCUT2D eigenvalue weighted by molar-refractivity contribution is 0.0744. The van der Waals surface area contributed by atoms with E-state index in [1.807, 2.05) is 4.90 Å². The maximum absolute atomic E-state index is 14.9. The van der Waals surface area contributed by atoms with Gasteiger partial charge in [-0.3, -0.25) is 4.79 Å². The van der Waals surface area contributed by atoms with E-state index in [1.165, 1.54) is 16.9 Å². The lowest BCUT2D eigenvalue weighted by Crippen LogP contribution is -2.49. The first-order chi connectivity index (χ1) is 16.7. The van der Waals surface area contributed by atoms with E-state index < -0.39 is 5.82 Å². The Labute approximate surface area is 205 Å². The lowest BCUT2D eigenvalue weighted by atomic mass is 9.97. The molecule has 1 aromatic carbocycles. The molecule has 1 amide bonds. The average molecular weight is 499 g/mol. The van der Waals surface area contributed by atoms with E-state index in [0.29, 0.717) is 55.1 Å². The van der Waals surface area contributed by atoms with Gasteiger partial charge in [-0.2, -0.15) is 9.78 Å². The Morgan fingerprint density at radius 3 is 2.60 bits per heavy atom. The van der Waals surface area contributed by atoms with Crippen molar-refractivity contribution in [1.82, 2.24) is 35.1 Å². The van der Waals surface area contributed by atoms with Crippen molar-refractivity contribution < 1.29 is 13.6 Å². The molecule has 0 aliphatic carbocycles. The maximum Gasteiger partial charge on any atom is 0.300 e. The van der Waals surface area contributed by atoms with Crippen molar-refractivity contribution in [2.75, 3.05) is 31.1 Å². The highest BCUT2D eigenvalue weighted by atomic mass is 35.5. The van der Waals surface area contributed by atoms with E-state index in [4.69, 9.17) is 16.0 Å². The van der Waals surface area contributed by atoms with Crippen molar-refractivity contribution in [1.29, 1.82) is 0 Å². The lowest BCUT2D eigenvalue weighted by Gasteiger charge is -2.33. The molecule has 12 heteroatoms. The summed E-state index contributed by atoms with van der Waals surface area (Å²) in [5.74, 6) is -0.624. The highest BCUT2D eigenvalue weighted by molar-refractivity contribution is 6.29. The van der Waals surface area contributed by atoms with Crippen LogP contribution in [0.4, 0.5) is 10.4 Å². The number of fused-ring (bicyclic) bond motifs is 1. The number of carbonyl (C=O) groups excluding carboxylic acids is 1. The monoisotopic (exact) mass is 498 g/mol. The minimum atomic E-state index is -0.567. The van der Waals surface area contributed by atoms with Crippen LogP contribution in [0.3, 0.4) is 0 Å². The molecule has 0 N–H and O–H groups in total. The number of aromatic nitrogens is 6. The maximum atomic E-state index is 14.9. The van der Waals surface area contributed by atoms with Gasteiger partial charge in [-0.05, 0) is 41.0 Å².